The van der Waals surface area contributed by atoms with Gasteiger partial charge in [0.05, 0.1) is 21.7 Å². The molecule has 0 heterocycles. The van der Waals surface area contributed by atoms with E-state index in [-0.39, 0.29) is 27.4 Å². The molecule has 23 heavy (non-hydrogen) atoms. The van der Waals surface area contributed by atoms with E-state index >= 15 is 0 Å². The fourth-order valence-corrected chi connectivity index (χ4v) is 2.13. The van der Waals surface area contributed by atoms with E-state index in [1.807, 2.05) is 0 Å². The number of hydrazone groups is 1. The summed E-state index contributed by atoms with van der Waals surface area (Å²) in [5, 5.41) is 14.6. The third-order valence-electron chi connectivity index (χ3n) is 3.11. The Morgan fingerprint density at radius 2 is 2.04 bits per heavy atom. The van der Waals surface area contributed by atoms with Crippen LogP contribution in [0.5, 0.6) is 0 Å². The molecule has 0 spiro atoms. The van der Waals surface area contributed by atoms with E-state index in [1.54, 1.807) is 0 Å². The van der Waals surface area contributed by atoms with Crippen molar-refractivity contribution in [3.8, 4) is 0 Å². The minimum absolute atomic E-state index is 0.0326. The smallest absolute Gasteiger partial charge is 0.267 e. The van der Waals surface area contributed by atoms with Crippen LogP contribution in [0.3, 0.4) is 0 Å². The molecule has 2 aromatic rings. The topological polar surface area (TPSA) is 84.6 Å². The molecule has 8 heteroatoms. The van der Waals surface area contributed by atoms with Crippen molar-refractivity contribution in [1.29, 1.82) is 0 Å². The highest BCUT2D eigenvalue weighted by Crippen LogP contribution is 2.21. The van der Waals surface area contributed by atoms with E-state index in [4.69, 9.17) is 11.6 Å². The third kappa shape index (κ3) is 3.70. The SMILES string of the molecule is Cc1c(C(=O)N/N=C\c2c(F)cccc2Cl)cccc1[N+](=O)[O-]. The molecule has 0 aromatic heterocycles. The second-order valence-corrected chi connectivity index (χ2v) is 4.95. The van der Waals surface area contributed by atoms with Crippen LogP contribution in [0.2, 0.25) is 5.02 Å². The van der Waals surface area contributed by atoms with Crippen molar-refractivity contribution in [2.24, 2.45) is 5.10 Å². The summed E-state index contributed by atoms with van der Waals surface area (Å²) in [6, 6.07) is 8.27. The van der Waals surface area contributed by atoms with E-state index in [0.717, 1.165) is 6.21 Å². The second-order valence-electron chi connectivity index (χ2n) is 4.54. The molecule has 118 valence electrons. The molecule has 0 fully saturated rings. The van der Waals surface area contributed by atoms with Crippen molar-refractivity contribution >= 4 is 29.4 Å². The fraction of sp³-hybridized carbons (Fsp3) is 0.0667. The van der Waals surface area contributed by atoms with E-state index in [1.165, 1.54) is 43.3 Å². The van der Waals surface area contributed by atoms with Gasteiger partial charge < -0.3 is 0 Å². The lowest BCUT2D eigenvalue weighted by Crippen LogP contribution is -2.19. The fourth-order valence-electron chi connectivity index (χ4n) is 1.92. The van der Waals surface area contributed by atoms with Gasteiger partial charge in [0, 0.05) is 17.2 Å². The number of nitro groups is 1. The number of rotatable bonds is 4. The van der Waals surface area contributed by atoms with Crippen LogP contribution in [0.15, 0.2) is 41.5 Å². The molecule has 6 nitrogen and oxygen atoms in total. The van der Waals surface area contributed by atoms with Crippen LogP contribution in [0.4, 0.5) is 10.1 Å². The Balaban J connectivity index is 2.19. The number of carbonyl (C=O) groups excluding carboxylic acids is 1. The summed E-state index contributed by atoms with van der Waals surface area (Å²) in [4.78, 5) is 22.3. The lowest BCUT2D eigenvalue weighted by Gasteiger charge is -2.04. The van der Waals surface area contributed by atoms with Crippen LogP contribution in [-0.2, 0) is 0 Å². The maximum atomic E-state index is 13.5. The monoisotopic (exact) mass is 335 g/mol. The molecule has 1 N–H and O–H groups in total. The Labute approximate surface area is 135 Å². The van der Waals surface area contributed by atoms with Gasteiger partial charge in [-0.25, -0.2) is 9.82 Å². The molecule has 0 bridgehead atoms. The Morgan fingerprint density at radius 1 is 1.35 bits per heavy atom. The summed E-state index contributed by atoms with van der Waals surface area (Å²) < 4.78 is 13.5. The van der Waals surface area contributed by atoms with E-state index in [2.05, 4.69) is 10.5 Å². The number of carbonyl (C=O) groups is 1. The number of hydrogen-bond acceptors (Lipinski definition) is 4. The van der Waals surface area contributed by atoms with Gasteiger partial charge in [-0.15, -0.1) is 0 Å². The molecule has 0 aliphatic carbocycles. The van der Waals surface area contributed by atoms with Gasteiger partial charge >= 0.3 is 0 Å². The molecular weight excluding hydrogens is 325 g/mol. The minimum Gasteiger partial charge on any atom is -0.267 e. The quantitative estimate of drug-likeness (QED) is 0.527. The van der Waals surface area contributed by atoms with Gasteiger partial charge in [0.1, 0.15) is 5.82 Å². The highest BCUT2D eigenvalue weighted by atomic mass is 35.5. The highest BCUT2D eigenvalue weighted by molar-refractivity contribution is 6.33. The Kier molecular flexibility index (Phi) is 5.02. The number of benzene rings is 2. The first-order valence-electron chi connectivity index (χ1n) is 6.43. The van der Waals surface area contributed by atoms with Gasteiger partial charge in [-0.3, -0.25) is 14.9 Å². The third-order valence-corrected chi connectivity index (χ3v) is 3.44. The molecule has 1 amide bonds. The predicted molar refractivity (Wildman–Crippen MR) is 84.3 cm³/mol. The summed E-state index contributed by atoms with van der Waals surface area (Å²) in [6.07, 6.45) is 1.07. The lowest BCUT2D eigenvalue weighted by atomic mass is 10.1. The molecule has 0 saturated heterocycles. The summed E-state index contributed by atoms with van der Waals surface area (Å²) in [5.41, 5.74) is 2.38. The molecule has 0 aliphatic rings. The largest absolute Gasteiger partial charge is 0.273 e. The van der Waals surface area contributed by atoms with E-state index in [0.29, 0.717) is 0 Å². The molecule has 0 unspecified atom stereocenters. The summed E-state index contributed by atoms with van der Waals surface area (Å²) in [6.45, 7) is 1.46. The van der Waals surface area contributed by atoms with Gasteiger partial charge in [0.2, 0.25) is 0 Å². The molecule has 0 radical (unpaired) electrons. The van der Waals surface area contributed by atoms with Crippen LogP contribution in [0, 0.1) is 22.9 Å². The van der Waals surface area contributed by atoms with E-state index in [9.17, 15) is 19.3 Å². The lowest BCUT2D eigenvalue weighted by molar-refractivity contribution is -0.385. The zero-order valence-electron chi connectivity index (χ0n) is 11.9. The number of halogens is 2. The van der Waals surface area contributed by atoms with Crippen molar-refractivity contribution < 1.29 is 14.1 Å². The normalized spacial score (nSPS) is 10.7. The van der Waals surface area contributed by atoms with Gasteiger partial charge in [-0.1, -0.05) is 23.7 Å². The number of hydrogen-bond donors (Lipinski definition) is 1. The average molecular weight is 336 g/mol. The minimum atomic E-state index is -0.644. The predicted octanol–water partition coefficient (Wildman–Crippen LogP) is 3.46. The summed E-state index contributed by atoms with van der Waals surface area (Å²) in [5.74, 6) is -1.23. The first kappa shape index (κ1) is 16.6. The molecule has 0 aliphatic heterocycles. The molecule has 2 aromatic carbocycles. The van der Waals surface area contributed by atoms with Crippen LogP contribution < -0.4 is 5.43 Å². The van der Waals surface area contributed by atoms with Crippen LogP contribution >= 0.6 is 11.6 Å². The molecule has 0 saturated carbocycles. The molecule has 0 atom stereocenters. The maximum absolute atomic E-state index is 13.5. The van der Waals surface area contributed by atoms with Crippen molar-refractivity contribution in [2.75, 3.05) is 0 Å². The summed E-state index contributed by atoms with van der Waals surface area (Å²) in [7, 11) is 0. The number of nitrogens with one attached hydrogen (secondary N) is 1. The van der Waals surface area contributed by atoms with E-state index < -0.39 is 16.6 Å². The molecule has 2 rings (SSSR count). The number of nitrogens with zero attached hydrogens (tertiary/aromatic N) is 2. The van der Waals surface area contributed by atoms with Gasteiger partial charge in [0.25, 0.3) is 11.6 Å². The van der Waals surface area contributed by atoms with Crippen LogP contribution in [0.1, 0.15) is 21.5 Å². The Morgan fingerprint density at radius 3 is 2.70 bits per heavy atom. The van der Waals surface area contributed by atoms with Crippen molar-refractivity contribution in [3.63, 3.8) is 0 Å². The van der Waals surface area contributed by atoms with Crippen molar-refractivity contribution in [3.05, 3.63) is 74.0 Å². The van der Waals surface area contributed by atoms with Gasteiger partial charge in [-0.2, -0.15) is 5.10 Å². The van der Waals surface area contributed by atoms with Crippen LogP contribution in [-0.4, -0.2) is 17.0 Å². The Bertz CT molecular complexity index is 788. The first-order valence-corrected chi connectivity index (χ1v) is 6.81. The Hall–Kier alpha value is -2.80. The van der Waals surface area contributed by atoms with Crippen LogP contribution in [0.25, 0.3) is 0 Å². The zero-order valence-corrected chi connectivity index (χ0v) is 12.7. The standard InChI is InChI=1S/C15H11ClFN3O3/c1-9-10(4-2-7-14(9)20(22)23)15(21)19-18-8-11-12(16)5-3-6-13(11)17/h2-8H,1H3,(H,19,21)/b18-8-. The number of nitro benzene ring substituents is 1. The second kappa shape index (κ2) is 6.97. The number of amides is 1. The van der Waals surface area contributed by atoms with Crippen molar-refractivity contribution in [1.82, 2.24) is 5.43 Å². The zero-order chi connectivity index (χ0) is 17.0. The average Bonchev–Trinajstić information content (AvgIpc) is 2.50. The first-order chi connectivity index (χ1) is 10.9. The van der Waals surface area contributed by atoms with Crippen molar-refractivity contribution in [2.45, 2.75) is 6.92 Å². The van der Waals surface area contributed by atoms with Gasteiger partial charge in [-0.05, 0) is 25.1 Å². The maximum Gasteiger partial charge on any atom is 0.273 e. The molecular formula is C15H11ClFN3O3. The van der Waals surface area contributed by atoms with Gasteiger partial charge in [0.15, 0.2) is 0 Å². The highest BCUT2D eigenvalue weighted by Gasteiger charge is 2.17. The summed E-state index contributed by atoms with van der Waals surface area (Å²) >= 11 is 5.82.